The summed E-state index contributed by atoms with van der Waals surface area (Å²) in [5.74, 6) is 3.08. The molecule has 74 heavy (non-hydrogen) atoms. The van der Waals surface area contributed by atoms with Gasteiger partial charge in [-0.2, -0.15) is 0 Å². The van der Waals surface area contributed by atoms with Crippen LogP contribution in [0.15, 0.2) is 116 Å². The molecular formula is C63H74N4O7. The van der Waals surface area contributed by atoms with Crippen LogP contribution in [0.3, 0.4) is 0 Å². The normalized spacial score (nSPS) is 21.0. The lowest BCUT2D eigenvalue weighted by molar-refractivity contribution is -0.130. The number of nitrogens with zero attached hydrogens (tertiary/aromatic N) is 4. The zero-order chi connectivity index (χ0) is 51.0. The number of benzene rings is 4. The van der Waals surface area contributed by atoms with E-state index in [4.69, 9.17) is 14.2 Å². The van der Waals surface area contributed by atoms with Crippen molar-refractivity contribution in [2.45, 2.75) is 139 Å². The second-order valence-corrected chi connectivity index (χ2v) is 21.6. The van der Waals surface area contributed by atoms with Crippen molar-refractivity contribution in [1.82, 2.24) is 19.6 Å². The molecule has 0 aromatic heterocycles. The van der Waals surface area contributed by atoms with Crippen molar-refractivity contribution in [2.24, 2.45) is 0 Å². The summed E-state index contributed by atoms with van der Waals surface area (Å²) in [4.78, 5) is 60.0. The van der Waals surface area contributed by atoms with Gasteiger partial charge in [0, 0.05) is 109 Å². The minimum atomic E-state index is -0.142. The Morgan fingerprint density at radius 2 is 1.08 bits per heavy atom. The number of rotatable bonds is 15. The lowest BCUT2D eigenvalue weighted by Gasteiger charge is -2.32. The largest absolute Gasteiger partial charge is 0.490 e. The Bertz CT molecular complexity index is 2700. The van der Waals surface area contributed by atoms with Crippen LogP contribution in [-0.2, 0) is 24.6 Å². The van der Waals surface area contributed by atoms with Crippen LogP contribution in [0.4, 0.5) is 0 Å². The summed E-state index contributed by atoms with van der Waals surface area (Å²) in [6.07, 6.45) is 23.5. The van der Waals surface area contributed by atoms with Crippen molar-refractivity contribution in [2.75, 3.05) is 45.8 Å². The van der Waals surface area contributed by atoms with E-state index in [1.54, 1.807) is 24.0 Å². The Kier molecular flexibility index (Phi) is 16.0. The highest BCUT2D eigenvalue weighted by Gasteiger charge is 2.47. The Morgan fingerprint density at radius 1 is 0.541 bits per heavy atom. The third kappa shape index (κ3) is 12.0. The van der Waals surface area contributed by atoms with Gasteiger partial charge in [0.1, 0.15) is 35.6 Å². The molecule has 10 rings (SSSR count). The molecule has 6 fully saturated rings. The molecule has 4 aliphatic heterocycles. The van der Waals surface area contributed by atoms with Crippen molar-refractivity contribution < 1.29 is 33.4 Å². The number of hydrogen-bond donors (Lipinski definition) is 0. The first kappa shape index (κ1) is 50.9. The van der Waals surface area contributed by atoms with Gasteiger partial charge in [0.05, 0.1) is 6.04 Å². The fourth-order valence-corrected chi connectivity index (χ4v) is 12.4. The SMILES string of the molecule is C=CC(=O)N1CCC(Oc2ccc(/C=C/C(=O)N3CCC(Oc4ccc(/C=C/C(=O)N5CCC(Oc6cccc(C7CCCCC7)c6)CC5)c(C5(c6ccccc6)CC5)c4)CC3)c(C3CCCN3C(C)=O)c2)CC1. The molecule has 0 N–H and O–H groups in total. The number of amides is 4. The number of carbonyl (C=O) groups excluding carboxylic acids is 4. The van der Waals surface area contributed by atoms with Gasteiger partial charge in [0.25, 0.3) is 0 Å². The third-order valence-electron chi connectivity index (χ3n) is 16.8. The molecule has 1 unspecified atom stereocenters. The predicted molar refractivity (Wildman–Crippen MR) is 290 cm³/mol. The first-order chi connectivity index (χ1) is 36.1. The minimum absolute atomic E-state index is 0.0237. The molecule has 1 atom stereocenters. The number of piperidine rings is 3. The monoisotopic (exact) mass is 999 g/mol. The third-order valence-corrected chi connectivity index (χ3v) is 16.8. The summed E-state index contributed by atoms with van der Waals surface area (Å²) >= 11 is 0. The highest BCUT2D eigenvalue weighted by molar-refractivity contribution is 5.93. The summed E-state index contributed by atoms with van der Waals surface area (Å²) in [6, 6.07) is 31.6. The lowest BCUT2D eigenvalue weighted by Crippen LogP contribution is -2.41. The fourth-order valence-electron chi connectivity index (χ4n) is 12.4. The van der Waals surface area contributed by atoms with E-state index in [1.807, 2.05) is 51.1 Å². The van der Waals surface area contributed by atoms with Gasteiger partial charge in [-0.3, -0.25) is 19.2 Å². The van der Waals surface area contributed by atoms with Crippen LogP contribution in [0.2, 0.25) is 0 Å². The summed E-state index contributed by atoms with van der Waals surface area (Å²) < 4.78 is 19.7. The molecule has 4 heterocycles. The molecule has 0 spiro atoms. The highest BCUT2D eigenvalue weighted by Crippen LogP contribution is 2.55. The fraction of sp³-hybridized carbons (Fsp3) is 0.460. The Labute approximate surface area is 438 Å². The zero-order valence-electron chi connectivity index (χ0n) is 43.3. The van der Waals surface area contributed by atoms with Crippen LogP contribution in [0, 0.1) is 0 Å². The van der Waals surface area contributed by atoms with Crippen molar-refractivity contribution in [1.29, 1.82) is 0 Å². The lowest BCUT2D eigenvalue weighted by atomic mass is 9.84. The van der Waals surface area contributed by atoms with Gasteiger partial charge in [-0.15, -0.1) is 0 Å². The van der Waals surface area contributed by atoms with Gasteiger partial charge in [0.15, 0.2) is 0 Å². The highest BCUT2D eigenvalue weighted by atomic mass is 16.5. The summed E-state index contributed by atoms with van der Waals surface area (Å²) in [5, 5.41) is 0. The second-order valence-electron chi connectivity index (χ2n) is 21.6. The van der Waals surface area contributed by atoms with Crippen LogP contribution >= 0.6 is 0 Å². The van der Waals surface area contributed by atoms with Crippen LogP contribution < -0.4 is 14.2 Å². The minimum Gasteiger partial charge on any atom is -0.490 e. The van der Waals surface area contributed by atoms with E-state index in [9.17, 15) is 19.2 Å². The molecule has 2 aliphatic carbocycles. The van der Waals surface area contributed by atoms with Gasteiger partial charge in [0.2, 0.25) is 23.6 Å². The first-order valence-electron chi connectivity index (χ1n) is 27.7. The maximum absolute atomic E-state index is 13.8. The Hall–Kier alpha value is -6.62. The summed E-state index contributed by atoms with van der Waals surface area (Å²) in [7, 11) is 0. The smallest absolute Gasteiger partial charge is 0.246 e. The standard InChI is InChI=1S/C63H74N4O7/c1-3-60(69)64-36-27-52(28-37-64)73-55-23-19-47(57(43-55)59-18-11-35-67(59)45(2)68)21-25-61(70)65-40-31-53(32-41-65)74-56-24-20-48(58(44-56)63(33-34-63)50-15-8-5-9-16-50)22-26-62(71)66-38-29-51(30-39-66)72-54-17-10-14-49(42-54)46-12-6-4-7-13-46/h3,5,8-10,14-17,19-26,42-44,46,51-53,59H,1,4,6-7,11-13,18,27-41H2,2H3/b25-21+,26-22+. The molecule has 0 bridgehead atoms. The molecule has 4 saturated heterocycles. The quantitative estimate of drug-likeness (QED) is 0.109. The van der Waals surface area contributed by atoms with Crippen molar-refractivity contribution in [3.63, 3.8) is 0 Å². The first-order valence-corrected chi connectivity index (χ1v) is 27.7. The maximum Gasteiger partial charge on any atom is 0.246 e. The summed E-state index contributed by atoms with van der Waals surface area (Å²) in [5.41, 5.74) is 6.61. The number of carbonyl (C=O) groups is 4. The Morgan fingerprint density at radius 3 is 1.65 bits per heavy atom. The molecule has 4 aromatic rings. The second kappa shape index (κ2) is 23.3. The Balaban J connectivity index is 0.760. The van der Waals surface area contributed by atoms with Crippen LogP contribution in [0.25, 0.3) is 12.2 Å². The molecule has 4 aromatic carbocycles. The zero-order valence-corrected chi connectivity index (χ0v) is 43.3. The molecule has 2 saturated carbocycles. The van der Waals surface area contributed by atoms with Gasteiger partial charge >= 0.3 is 0 Å². The van der Waals surface area contributed by atoms with E-state index in [0.717, 1.165) is 85.3 Å². The molecule has 11 heteroatoms. The average molecular weight is 999 g/mol. The van der Waals surface area contributed by atoms with Crippen LogP contribution in [-0.4, -0.2) is 107 Å². The topological polar surface area (TPSA) is 109 Å². The molecule has 0 radical (unpaired) electrons. The number of likely N-dealkylation sites (tertiary alicyclic amines) is 4. The molecular weight excluding hydrogens is 925 g/mol. The van der Waals surface area contributed by atoms with Crippen LogP contribution in [0.1, 0.15) is 149 Å². The van der Waals surface area contributed by atoms with E-state index in [0.29, 0.717) is 64.6 Å². The molecule has 388 valence electrons. The van der Waals surface area contributed by atoms with Gasteiger partial charge < -0.3 is 33.8 Å². The predicted octanol–water partition coefficient (Wildman–Crippen LogP) is 11.2. The van der Waals surface area contributed by atoms with E-state index in [-0.39, 0.29) is 53.4 Å². The summed E-state index contributed by atoms with van der Waals surface area (Å²) in [6.45, 7) is 9.66. The van der Waals surface area contributed by atoms with E-state index >= 15 is 0 Å². The maximum atomic E-state index is 13.8. The van der Waals surface area contributed by atoms with Crippen molar-refractivity contribution in [3.8, 4) is 17.2 Å². The van der Waals surface area contributed by atoms with Gasteiger partial charge in [-0.05, 0) is 132 Å². The molecule has 4 amide bonds. The van der Waals surface area contributed by atoms with Gasteiger partial charge in [-0.25, -0.2) is 0 Å². The van der Waals surface area contributed by atoms with E-state index in [2.05, 4.69) is 73.3 Å². The molecule has 11 nitrogen and oxygen atoms in total. The molecule has 6 aliphatic rings. The van der Waals surface area contributed by atoms with Crippen LogP contribution in [0.5, 0.6) is 17.2 Å². The van der Waals surface area contributed by atoms with Gasteiger partial charge in [-0.1, -0.05) is 80.4 Å². The van der Waals surface area contributed by atoms with Crippen molar-refractivity contribution in [3.05, 3.63) is 149 Å². The van der Waals surface area contributed by atoms with E-state index in [1.165, 1.54) is 54.9 Å². The number of hydrogen-bond acceptors (Lipinski definition) is 7. The van der Waals surface area contributed by atoms with E-state index < -0.39 is 0 Å². The number of ether oxygens (including phenoxy) is 3. The average Bonchev–Trinajstić information content (AvgIpc) is 4.11. The van der Waals surface area contributed by atoms with Crippen molar-refractivity contribution >= 4 is 35.8 Å².